The van der Waals surface area contributed by atoms with Gasteiger partial charge in [-0.05, 0) is 19.3 Å². The van der Waals surface area contributed by atoms with Crippen LogP contribution in [0.15, 0.2) is 0 Å². The fraction of sp³-hybridized carbons (Fsp3) is 1.00. The van der Waals surface area contributed by atoms with E-state index in [1.54, 1.807) is 11.8 Å². The van der Waals surface area contributed by atoms with Gasteiger partial charge in [0.05, 0.1) is 18.5 Å². The van der Waals surface area contributed by atoms with Crippen LogP contribution < -0.4 is 0 Å². The number of fused-ring (bicyclic) bond motifs is 1. The molecule has 3 fully saturated rings. The smallest absolute Gasteiger partial charge is 0.294 e. The van der Waals surface area contributed by atoms with Crippen molar-refractivity contribution < 1.29 is 24.1 Å². The maximum atomic E-state index is 10.4. The first kappa shape index (κ1) is 13.4. The molecule has 0 spiro atoms. The van der Waals surface area contributed by atoms with Crippen molar-refractivity contribution in [1.29, 1.82) is 0 Å². The van der Waals surface area contributed by atoms with Crippen molar-refractivity contribution in [2.45, 2.75) is 48.3 Å². The van der Waals surface area contributed by atoms with Crippen molar-refractivity contribution >= 4 is 11.8 Å². The van der Waals surface area contributed by atoms with Gasteiger partial charge in [-0.3, -0.25) is 0 Å². The highest BCUT2D eigenvalue weighted by molar-refractivity contribution is 8.00. The zero-order chi connectivity index (χ0) is 13.2. The van der Waals surface area contributed by atoms with Crippen LogP contribution in [0.5, 0.6) is 0 Å². The van der Waals surface area contributed by atoms with Gasteiger partial charge in [0.15, 0.2) is 6.10 Å². The number of rotatable bonds is 4. The topological polar surface area (TPSA) is 80.1 Å². The van der Waals surface area contributed by atoms with Crippen LogP contribution in [0, 0.1) is 10.1 Å². The summed E-state index contributed by atoms with van der Waals surface area (Å²) in [6.45, 7) is 1.57. The lowest BCUT2D eigenvalue weighted by Gasteiger charge is -2.26. The van der Waals surface area contributed by atoms with E-state index in [2.05, 4.69) is 4.84 Å². The second-order valence-electron chi connectivity index (χ2n) is 4.93. The molecule has 0 aliphatic carbocycles. The van der Waals surface area contributed by atoms with E-state index in [0.717, 1.165) is 19.4 Å². The Kier molecular flexibility index (Phi) is 4.11. The molecule has 19 heavy (non-hydrogen) atoms. The van der Waals surface area contributed by atoms with E-state index in [1.807, 2.05) is 0 Å². The Morgan fingerprint density at radius 3 is 2.74 bits per heavy atom. The van der Waals surface area contributed by atoms with E-state index in [9.17, 15) is 10.1 Å². The zero-order valence-corrected chi connectivity index (χ0v) is 11.3. The maximum Gasteiger partial charge on any atom is 0.294 e. The Morgan fingerprint density at radius 1 is 1.16 bits per heavy atom. The fourth-order valence-electron chi connectivity index (χ4n) is 2.76. The average Bonchev–Trinajstić information content (AvgIpc) is 2.95. The molecular weight excluding hydrogens is 274 g/mol. The van der Waals surface area contributed by atoms with Gasteiger partial charge in [-0.25, -0.2) is 0 Å². The Morgan fingerprint density at radius 2 is 2.00 bits per heavy atom. The van der Waals surface area contributed by atoms with E-state index < -0.39 is 11.2 Å². The van der Waals surface area contributed by atoms with Crippen molar-refractivity contribution in [2.75, 3.05) is 19.8 Å². The molecule has 0 amide bonds. The van der Waals surface area contributed by atoms with Crippen molar-refractivity contribution in [2.24, 2.45) is 0 Å². The highest BCUT2D eigenvalue weighted by atomic mass is 32.2. The number of thioether (sulfide) groups is 1. The lowest BCUT2D eigenvalue weighted by molar-refractivity contribution is -0.769. The van der Waals surface area contributed by atoms with Crippen LogP contribution in [0.25, 0.3) is 0 Å². The third-order valence-corrected chi connectivity index (χ3v) is 5.08. The van der Waals surface area contributed by atoms with E-state index in [-0.39, 0.29) is 29.5 Å². The Labute approximate surface area is 115 Å². The minimum Gasteiger partial charge on any atom is -0.372 e. The molecular formula is C11H17NO6S. The minimum absolute atomic E-state index is 0.125. The van der Waals surface area contributed by atoms with Crippen molar-refractivity contribution in [3.8, 4) is 0 Å². The molecule has 3 aliphatic rings. The van der Waals surface area contributed by atoms with E-state index in [4.69, 9.17) is 14.2 Å². The zero-order valence-electron chi connectivity index (χ0n) is 10.4. The van der Waals surface area contributed by atoms with Crippen LogP contribution in [-0.2, 0) is 19.0 Å². The summed E-state index contributed by atoms with van der Waals surface area (Å²) in [5.41, 5.74) is 0.195. The number of nitrogens with zero attached hydrogens (tertiary/aromatic N) is 1. The molecule has 0 saturated carbocycles. The summed E-state index contributed by atoms with van der Waals surface area (Å²) in [6, 6.07) is 0. The molecule has 3 rings (SSSR count). The number of hydrogen-bond acceptors (Lipinski definition) is 7. The monoisotopic (exact) mass is 291 g/mol. The second-order valence-corrected chi connectivity index (χ2v) is 6.34. The molecule has 7 nitrogen and oxygen atoms in total. The number of ether oxygens (including phenoxy) is 3. The molecule has 8 heteroatoms. The lowest BCUT2D eigenvalue weighted by Crippen LogP contribution is -2.34. The Hall–Kier alpha value is -0.570. The summed E-state index contributed by atoms with van der Waals surface area (Å²) in [5.74, 6) is 0. The third-order valence-electron chi connectivity index (χ3n) is 3.65. The molecule has 3 heterocycles. The summed E-state index contributed by atoms with van der Waals surface area (Å²) >= 11 is 1.73. The van der Waals surface area contributed by atoms with Gasteiger partial charge in [0.25, 0.3) is 5.09 Å². The van der Waals surface area contributed by atoms with E-state index >= 15 is 0 Å². The molecule has 5 atom stereocenters. The molecule has 3 saturated heterocycles. The standard InChI is InChI=1S/C11H17NO6S/c13-12(14)18-7-5-16-11-8(6-17-10(7)11)19-9-3-1-2-4-15-9/h7-11H,1-6H2/t7-,8+,9?,10-,11-/m1/s1. The molecule has 0 aromatic carbocycles. The predicted molar refractivity (Wildman–Crippen MR) is 66.3 cm³/mol. The quantitative estimate of drug-likeness (QED) is 0.564. The van der Waals surface area contributed by atoms with Crippen molar-refractivity contribution in [3.05, 3.63) is 10.1 Å². The average molecular weight is 291 g/mol. The highest BCUT2D eigenvalue weighted by Crippen LogP contribution is 2.38. The van der Waals surface area contributed by atoms with E-state index in [0.29, 0.717) is 6.61 Å². The molecule has 0 aromatic heterocycles. The first-order chi connectivity index (χ1) is 9.24. The van der Waals surface area contributed by atoms with Crippen LogP contribution in [0.4, 0.5) is 0 Å². The lowest BCUT2D eigenvalue weighted by atomic mass is 10.1. The van der Waals surface area contributed by atoms with Crippen molar-refractivity contribution in [3.63, 3.8) is 0 Å². The molecule has 108 valence electrons. The van der Waals surface area contributed by atoms with Gasteiger partial charge in [-0.2, -0.15) is 0 Å². The third kappa shape index (κ3) is 2.96. The van der Waals surface area contributed by atoms with Crippen LogP contribution >= 0.6 is 11.8 Å². The van der Waals surface area contributed by atoms with Crippen LogP contribution in [0.2, 0.25) is 0 Å². The van der Waals surface area contributed by atoms with Gasteiger partial charge < -0.3 is 19.0 Å². The first-order valence-electron chi connectivity index (χ1n) is 6.55. The molecule has 3 aliphatic heterocycles. The molecule has 0 bridgehead atoms. The Balaban J connectivity index is 1.54. The van der Waals surface area contributed by atoms with Crippen LogP contribution in [0.3, 0.4) is 0 Å². The maximum absolute atomic E-state index is 10.4. The number of hydrogen-bond donors (Lipinski definition) is 0. The van der Waals surface area contributed by atoms with E-state index in [1.165, 1.54) is 6.42 Å². The van der Waals surface area contributed by atoms with Gasteiger partial charge in [0.1, 0.15) is 17.6 Å². The first-order valence-corrected chi connectivity index (χ1v) is 7.50. The minimum atomic E-state index is -0.773. The van der Waals surface area contributed by atoms with Crippen LogP contribution in [-0.4, -0.2) is 53.9 Å². The normalized spacial score (nSPS) is 42.0. The van der Waals surface area contributed by atoms with Gasteiger partial charge in [0.2, 0.25) is 0 Å². The predicted octanol–water partition coefficient (Wildman–Crippen LogP) is 0.989. The van der Waals surface area contributed by atoms with Crippen LogP contribution in [0.1, 0.15) is 19.3 Å². The molecule has 1 unspecified atom stereocenters. The summed E-state index contributed by atoms with van der Waals surface area (Å²) in [5, 5.41) is 9.79. The summed E-state index contributed by atoms with van der Waals surface area (Å²) in [6.07, 6.45) is 2.31. The van der Waals surface area contributed by atoms with Gasteiger partial charge in [-0.15, -0.1) is 21.9 Å². The fourth-order valence-corrected chi connectivity index (χ4v) is 4.17. The Bertz CT molecular complexity index is 337. The van der Waals surface area contributed by atoms with Gasteiger partial charge >= 0.3 is 0 Å². The van der Waals surface area contributed by atoms with Crippen molar-refractivity contribution in [1.82, 2.24) is 0 Å². The largest absolute Gasteiger partial charge is 0.372 e. The summed E-state index contributed by atoms with van der Waals surface area (Å²) in [7, 11) is 0. The molecule has 0 N–H and O–H groups in total. The van der Waals surface area contributed by atoms with Gasteiger partial charge in [0, 0.05) is 6.61 Å². The SMILES string of the molecule is O=[N+]([O-])O[C@@H]1CO[C@H]2[C@@H]1OC[C@@H]2SC1CCCCO1. The van der Waals surface area contributed by atoms with Gasteiger partial charge in [-0.1, -0.05) is 0 Å². The second kappa shape index (κ2) is 5.82. The molecule has 0 radical (unpaired) electrons. The highest BCUT2D eigenvalue weighted by Gasteiger charge is 2.50. The summed E-state index contributed by atoms with van der Waals surface area (Å²) < 4.78 is 16.9. The molecule has 0 aromatic rings. The summed E-state index contributed by atoms with van der Waals surface area (Å²) in [4.78, 5) is 15.0.